The molecule has 0 aliphatic carbocycles. The lowest BCUT2D eigenvalue weighted by Crippen LogP contribution is -2.38. The quantitative estimate of drug-likeness (QED) is 0.366. The number of aliphatic imine (C=N–C) groups is 1. The highest BCUT2D eigenvalue weighted by atomic mass is 127. The molecule has 2 rings (SSSR count). The van der Waals surface area contributed by atoms with Gasteiger partial charge in [-0.2, -0.15) is 13.2 Å². The largest absolute Gasteiger partial charge is 0.494 e. The van der Waals surface area contributed by atoms with Gasteiger partial charge in [0, 0.05) is 37.7 Å². The maximum Gasteiger partial charge on any atom is 0.390 e. The summed E-state index contributed by atoms with van der Waals surface area (Å²) in [6, 6.07) is 3.89. The number of fused-ring (bicyclic) bond motifs is 1. The predicted octanol–water partition coefficient (Wildman–Crippen LogP) is 3.64. The van der Waals surface area contributed by atoms with Gasteiger partial charge in [-0.15, -0.1) is 24.0 Å². The molecule has 0 saturated carbocycles. The van der Waals surface area contributed by atoms with E-state index < -0.39 is 12.6 Å². The molecule has 1 aromatic rings. The number of halogens is 4. The van der Waals surface area contributed by atoms with E-state index in [0.29, 0.717) is 19.1 Å². The molecule has 148 valence electrons. The van der Waals surface area contributed by atoms with E-state index in [0.717, 1.165) is 29.0 Å². The van der Waals surface area contributed by atoms with Crippen molar-refractivity contribution in [3.63, 3.8) is 0 Å². The first-order valence-corrected chi connectivity index (χ1v) is 8.29. The van der Waals surface area contributed by atoms with E-state index in [1.807, 2.05) is 26.0 Å². The lowest BCUT2D eigenvalue weighted by molar-refractivity contribution is -0.132. The molecule has 0 spiro atoms. The van der Waals surface area contributed by atoms with Crippen LogP contribution in [0.1, 0.15) is 31.4 Å². The molecular formula is C17H25F3IN3O2. The van der Waals surface area contributed by atoms with E-state index in [1.165, 1.54) is 7.05 Å². The van der Waals surface area contributed by atoms with Crippen molar-refractivity contribution in [2.75, 3.05) is 20.2 Å². The summed E-state index contributed by atoms with van der Waals surface area (Å²) in [7, 11) is 1.51. The van der Waals surface area contributed by atoms with Crippen LogP contribution in [-0.4, -0.2) is 38.4 Å². The van der Waals surface area contributed by atoms with Gasteiger partial charge in [0.15, 0.2) is 5.96 Å². The molecule has 1 atom stereocenters. The zero-order valence-electron chi connectivity index (χ0n) is 15.1. The topological polar surface area (TPSA) is 54.9 Å². The molecule has 2 N–H and O–H groups in total. The second-order valence-electron chi connectivity index (χ2n) is 5.85. The van der Waals surface area contributed by atoms with Crippen molar-refractivity contribution in [2.45, 2.75) is 45.5 Å². The Morgan fingerprint density at radius 1 is 1.35 bits per heavy atom. The molecule has 0 saturated heterocycles. The van der Waals surface area contributed by atoms with Crippen LogP contribution in [0.4, 0.5) is 13.2 Å². The molecule has 1 aliphatic rings. The average Bonchev–Trinajstić information content (AvgIpc) is 2.88. The summed E-state index contributed by atoms with van der Waals surface area (Å²) >= 11 is 0. The third-order valence-electron chi connectivity index (χ3n) is 3.75. The summed E-state index contributed by atoms with van der Waals surface area (Å²) in [4.78, 5) is 3.94. The minimum atomic E-state index is -4.19. The Hall–Kier alpha value is -1.39. The van der Waals surface area contributed by atoms with Gasteiger partial charge >= 0.3 is 6.18 Å². The number of rotatable bonds is 6. The van der Waals surface area contributed by atoms with Crippen LogP contribution in [0, 0.1) is 0 Å². The normalized spacial score (nSPS) is 16.4. The highest BCUT2D eigenvalue weighted by Gasteiger charge is 2.26. The predicted molar refractivity (Wildman–Crippen MR) is 106 cm³/mol. The zero-order valence-corrected chi connectivity index (χ0v) is 17.4. The summed E-state index contributed by atoms with van der Waals surface area (Å²) < 4.78 is 48.1. The highest BCUT2D eigenvalue weighted by Crippen LogP contribution is 2.35. The SMILES string of the molecule is CCOc1cc2c(cc1CNC(=NC)NCCC(F)(F)F)OC(C)C2.I. The van der Waals surface area contributed by atoms with Gasteiger partial charge in [0.2, 0.25) is 0 Å². The number of nitrogens with zero attached hydrogens (tertiary/aromatic N) is 1. The van der Waals surface area contributed by atoms with Gasteiger partial charge < -0.3 is 20.1 Å². The zero-order chi connectivity index (χ0) is 18.4. The molecule has 0 amide bonds. The second-order valence-corrected chi connectivity index (χ2v) is 5.85. The maximum absolute atomic E-state index is 12.2. The van der Waals surface area contributed by atoms with E-state index in [4.69, 9.17) is 9.47 Å². The molecule has 0 radical (unpaired) electrons. The van der Waals surface area contributed by atoms with Crippen LogP contribution in [0.2, 0.25) is 0 Å². The molecule has 9 heteroatoms. The summed E-state index contributed by atoms with van der Waals surface area (Å²) in [5.41, 5.74) is 1.97. The van der Waals surface area contributed by atoms with Gasteiger partial charge in [-0.05, 0) is 26.0 Å². The standard InChI is InChI=1S/C17H24F3N3O2.HI/c1-4-24-14-8-12-7-11(2)25-15(12)9-13(14)10-23-16(21-3)22-6-5-17(18,19)20;/h8-9,11H,4-7,10H2,1-3H3,(H2,21,22,23);1H. The van der Waals surface area contributed by atoms with Crippen molar-refractivity contribution in [1.29, 1.82) is 0 Å². The Bertz CT molecular complexity index is 624. The van der Waals surface area contributed by atoms with Crippen LogP contribution in [0.3, 0.4) is 0 Å². The number of ether oxygens (including phenoxy) is 2. The maximum atomic E-state index is 12.2. The van der Waals surface area contributed by atoms with Crippen LogP contribution in [0.5, 0.6) is 11.5 Å². The van der Waals surface area contributed by atoms with Crippen LogP contribution in [0.15, 0.2) is 17.1 Å². The Morgan fingerprint density at radius 2 is 2.08 bits per heavy atom. The monoisotopic (exact) mass is 487 g/mol. The molecule has 0 fully saturated rings. The van der Waals surface area contributed by atoms with Crippen LogP contribution in [0.25, 0.3) is 0 Å². The summed E-state index contributed by atoms with van der Waals surface area (Å²) in [6.45, 7) is 4.57. The van der Waals surface area contributed by atoms with Gasteiger partial charge in [-0.25, -0.2) is 0 Å². The minimum absolute atomic E-state index is 0. The molecule has 1 aromatic carbocycles. The van der Waals surface area contributed by atoms with Crippen LogP contribution < -0.4 is 20.1 Å². The molecule has 0 aromatic heterocycles. The van der Waals surface area contributed by atoms with Crippen LogP contribution in [-0.2, 0) is 13.0 Å². The Kier molecular flexibility index (Phi) is 8.78. The van der Waals surface area contributed by atoms with Gasteiger partial charge in [-0.1, -0.05) is 0 Å². The molecule has 26 heavy (non-hydrogen) atoms. The van der Waals surface area contributed by atoms with Gasteiger partial charge in [0.25, 0.3) is 0 Å². The van der Waals surface area contributed by atoms with E-state index >= 15 is 0 Å². The van der Waals surface area contributed by atoms with Gasteiger partial charge in [-0.3, -0.25) is 4.99 Å². The Balaban J connectivity index is 0.00000338. The first-order valence-electron chi connectivity index (χ1n) is 8.29. The minimum Gasteiger partial charge on any atom is -0.494 e. The lowest BCUT2D eigenvalue weighted by Gasteiger charge is -2.16. The number of hydrogen-bond acceptors (Lipinski definition) is 3. The third kappa shape index (κ3) is 6.73. The van der Waals surface area contributed by atoms with Crippen molar-refractivity contribution in [3.8, 4) is 11.5 Å². The number of benzene rings is 1. The van der Waals surface area contributed by atoms with Crippen LogP contribution >= 0.6 is 24.0 Å². The first kappa shape index (κ1) is 22.7. The Morgan fingerprint density at radius 3 is 2.69 bits per heavy atom. The molecule has 0 bridgehead atoms. The fraction of sp³-hybridized carbons (Fsp3) is 0.588. The molecule has 1 heterocycles. The molecule has 1 aliphatic heterocycles. The van der Waals surface area contributed by atoms with Gasteiger partial charge in [0.1, 0.15) is 17.6 Å². The number of hydrogen-bond donors (Lipinski definition) is 2. The fourth-order valence-electron chi connectivity index (χ4n) is 2.63. The van der Waals surface area contributed by atoms with Crippen molar-refractivity contribution in [2.24, 2.45) is 4.99 Å². The van der Waals surface area contributed by atoms with E-state index in [9.17, 15) is 13.2 Å². The van der Waals surface area contributed by atoms with Gasteiger partial charge in [0.05, 0.1) is 13.0 Å². The van der Waals surface area contributed by atoms with Crippen molar-refractivity contribution < 1.29 is 22.6 Å². The summed E-state index contributed by atoms with van der Waals surface area (Å²) in [5, 5.41) is 5.66. The summed E-state index contributed by atoms with van der Waals surface area (Å²) in [5.74, 6) is 1.88. The second kappa shape index (κ2) is 10.1. The van der Waals surface area contributed by atoms with Crippen molar-refractivity contribution in [1.82, 2.24) is 10.6 Å². The number of nitrogens with one attached hydrogen (secondary N) is 2. The average molecular weight is 487 g/mol. The number of guanidine groups is 1. The Labute approximate surface area is 168 Å². The first-order chi connectivity index (χ1) is 11.8. The molecular weight excluding hydrogens is 462 g/mol. The van der Waals surface area contributed by atoms with E-state index in [1.54, 1.807) is 0 Å². The highest BCUT2D eigenvalue weighted by molar-refractivity contribution is 14.0. The molecule has 1 unspecified atom stereocenters. The molecule has 5 nitrogen and oxygen atoms in total. The van der Waals surface area contributed by atoms with E-state index in [2.05, 4.69) is 15.6 Å². The number of alkyl halides is 3. The fourth-order valence-corrected chi connectivity index (χ4v) is 2.63. The lowest BCUT2D eigenvalue weighted by atomic mass is 10.1. The van der Waals surface area contributed by atoms with Crippen molar-refractivity contribution >= 4 is 29.9 Å². The van der Waals surface area contributed by atoms with Crippen molar-refractivity contribution in [3.05, 3.63) is 23.3 Å². The summed E-state index contributed by atoms with van der Waals surface area (Å²) in [6.07, 6.45) is -4.14. The third-order valence-corrected chi connectivity index (χ3v) is 3.75. The van der Waals surface area contributed by atoms with E-state index in [-0.39, 0.29) is 36.6 Å². The smallest absolute Gasteiger partial charge is 0.390 e.